The van der Waals surface area contributed by atoms with Gasteiger partial charge in [0.25, 0.3) is 0 Å². The van der Waals surface area contributed by atoms with E-state index in [9.17, 15) is 0 Å². The molecule has 0 bridgehead atoms. The quantitative estimate of drug-likeness (QED) is 0.754. The first-order chi connectivity index (χ1) is 8.24. The van der Waals surface area contributed by atoms with Crippen molar-refractivity contribution in [3.63, 3.8) is 0 Å². The van der Waals surface area contributed by atoms with Gasteiger partial charge in [-0.25, -0.2) is 0 Å². The summed E-state index contributed by atoms with van der Waals surface area (Å²) in [4.78, 5) is 0. The third kappa shape index (κ3) is 2.48. The third-order valence-electron chi connectivity index (χ3n) is 4.30. The number of nitrogens with zero attached hydrogens (tertiary/aromatic N) is 1. The molecule has 0 aromatic rings. The molecule has 4 atom stereocenters. The van der Waals surface area contributed by atoms with E-state index in [-0.39, 0.29) is 17.8 Å². The van der Waals surface area contributed by atoms with Gasteiger partial charge < -0.3 is 9.47 Å². The average molecular weight is 237 g/mol. The van der Waals surface area contributed by atoms with E-state index in [1.54, 1.807) is 0 Å². The van der Waals surface area contributed by atoms with Crippen molar-refractivity contribution in [2.75, 3.05) is 0 Å². The van der Waals surface area contributed by atoms with Gasteiger partial charge in [0.1, 0.15) is 0 Å². The second-order valence-electron chi connectivity index (χ2n) is 5.29. The molecule has 0 radical (unpaired) electrons. The molecule has 3 nitrogen and oxygen atoms in total. The molecule has 96 valence electrons. The maximum absolute atomic E-state index is 8.66. The summed E-state index contributed by atoms with van der Waals surface area (Å²) >= 11 is 0. The van der Waals surface area contributed by atoms with Gasteiger partial charge in [-0.1, -0.05) is 13.8 Å². The third-order valence-corrected chi connectivity index (χ3v) is 4.30. The highest BCUT2D eigenvalue weighted by Gasteiger charge is 2.51. The van der Waals surface area contributed by atoms with Gasteiger partial charge in [-0.15, -0.1) is 0 Å². The lowest BCUT2D eigenvalue weighted by atomic mass is 9.83. The van der Waals surface area contributed by atoms with Crippen LogP contribution in [0.15, 0.2) is 0 Å². The number of rotatable bonds is 4. The highest BCUT2D eigenvalue weighted by atomic mass is 16.6. The van der Waals surface area contributed by atoms with Crippen molar-refractivity contribution < 1.29 is 9.47 Å². The lowest BCUT2D eigenvalue weighted by Gasteiger charge is -2.41. The van der Waals surface area contributed by atoms with E-state index in [4.69, 9.17) is 14.7 Å². The molecule has 2 aliphatic heterocycles. The molecule has 0 spiro atoms. The molecule has 0 amide bonds. The van der Waals surface area contributed by atoms with Crippen LogP contribution in [0.5, 0.6) is 0 Å². The highest BCUT2D eigenvalue weighted by molar-refractivity contribution is 5.00. The monoisotopic (exact) mass is 237 g/mol. The summed E-state index contributed by atoms with van der Waals surface area (Å²) < 4.78 is 12.4. The van der Waals surface area contributed by atoms with Gasteiger partial charge in [-0.2, -0.15) is 5.26 Å². The zero-order valence-corrected chi connectivity index (χ0v) is 10.9. The van der Waals surface area contributed by atoms with Crippen LogP contribution in [-0.4, -0.2) is 23.9 Å². The minimum absolute atomic E-state index is 0.0565. The lowest BCUT2D eigenvalue weighted by Crippen LogP contribution is -2.47. The first-order valence-corrected chi connectivity index (χ1v) is 6.94. The average Bonchev–Trinajstić information content (AvgIpc) is 2.74. The Kier molecular flexibility index (Phi) is 4.06. The van der Waals surface area contributed by atoms with Gasteiger partial charge in [0.2, 0.25) is 0 Å². The Morgan fingerprint density at radius 1 is 1.29 bits per heavy atom. The van der Waals surface area contributed by atoms with Gasteiger partial charge in [-0.05, 0) is 32.1 Å². The SMILES string of the molecule is CCC1CC2(CC)OC(CCC#N)CCC2O1. The van der Waals surface area contributed by atoms with Crippen LogP contribution in [0, 0.1) is 11.3 Å². The Bertz CT molecular complexity index is 299. The Balaban J connectivity index is 2.01. The van der Waals surface area contributed by atoms with Crippen molar-refractivity contribution >= 4 is 0 Å². The van der Waals surface area contributed by atoms with Crippen LogP contribution in [-0.2, 0) is 9.47 Å². The molecule has 2 fully saturated rings. The van der Waals surface area contributed by atoms with Crippen LogP contribution < -0.4 is 0 Å². The molecular formula is C14H23NO2. The fourth-order valence-electron chi connectivity index (χ4n) is 3.23. The van der Waals surface area contributed by atoms with Crippen LogP contribution in [0.1, 0.15) is 58.8 Å². The highest BCUT2D eigenvalue weighted by Crippen LogP contribution is 2.45. The summed E-state index contributed by atoms with van der Waals surface area (Å²) in [6, 6.07) is 2.21. The van der Waals surface area contributed by atoms with Crippen LogP contribution in [0.3, 0.4) is 0 Å². The largest absolute Gasteiger partial charge is 0.372 e. The summed E-state index contributed by atoms with van der Waals surface area (Å²) in [7, 11) is 0. The molecule has 0 aromatic carbocycles. The van der Waals surface area contributed by atoms with Gasteiger partial charge in [0, 0.05) is 12.8 Å². The van der Waals surface area contributed by atoms with Gasteiger partial charge in [0.05, 0.1) is 30.0 Å². The smallest absolute Gasteiger partial charge is 0.0968 e. The Hall–Kier alpha value is -0.590. The van der Waals surface area contributed by atoms with Crippen LogP contribution >= 0.6 is 0 Å². The Labute approximate surface area is 104 Å². The van der Waals surface area contributed by atoms with Gasteiger partial charge in [-0.3, -0.25) is 0 Å². The van der Waals surface area contributed by atoms with E-state index < -0.39 is 0 Å². The molecule has 2 rings (SSSR count). The lowest BCUT2D eigenvalue weighted by molar-refractivity contribution is -0.168. The summed E-state index contributed by atoms with van der Waals surface area (Å²) in [6.07, 6.45) is 7.69. The standard InChI is InChI=1S/C14H23NO2/c1-3-11-10-14(4-2)13(16-11)8-7-12(17-14)6-5-9-15/h11-13H,3-8,10H2,1-2H3. The van der Waals surface area contributed by atoms with E-state index in [0.29, 0.717) is 12.5 Å². The molecule has 0 saturated carbocycles. The number of hydrogen-bond donors (Lipinski definition) is 0. The van der Waals surface area contributed by atoms with Crippen LogP contribution in [0.25, 0.3) is 0 Å². The summed E-state index contributed by atoms with van der Waals surface area (Å²) in [6.45, 7) is 4.37. The second-order valence-corrected chi connectivity index (χ2v) is 5.29. The number of fused-ring (bicyclic) bond motifs is 1. The van der Waals surface area contributed by atoms with E-state index in [1.807, 2.05) is 0 Å². The van der Waals surface area contributed by atoms with Crippen LogP contribution in [0.2, 0.25) is 0 Å². The predicted octanol–water partition coefficient (Wildman–Crippen LogP) is 3.19. The number of hydrogen-bond acceptors (Lipinski definition) is 3. The van der Waals surface area contributed by atoms with Crippen molar-refractivity contribution in [1.29, 1.82) is 5.26 Å². The van der Waals surface area contributed by atoms with Crippen LogP contribution in [0.4, 0.5) is 0 Å². The number of ether oxygens (including phenoxy) is 2. The fraction of sp³-hybridized carbons (Fsp3) is 0.929. The maximum atomic E-state index is 8.66. The molecule has 2 heterocycles. The van der Waals surface area contributed by atoms with Crippen molar-refractivity contribution in [3.8, 4) is 6.07 Å². The molecular weight excluding hydrogens is 214 g/mol. The van der Waals surface area contributed by atoms with E-state index in [0.717, 1.165) is 38.5 Å². The van der Waals surface area contributed by atoms with Crippen molar-refractivity contribution in [3.05, 3.63) is 0 Å². The Morgan fingerprint density at radius 2 is 2.12 bits per heavy atom. The van der Waals surface area contributed by atoms with Gasteiger partial charge in [0.15, 0.2) is 0 Å². The molecule has 2 aliphatic rings. The topological polar surface area (TPSA) is 42.2 Å². The first kappa shape index (κ1) is 12.9. The zero-order valence-electron chi connectivity index (χ0n) is 10.9. The summed E-state index contributed by atoms with van der Waals surface area (Å²) in [5.41, 5.74) is -0.0565. The van der Waals surface area contributed by atoms with Crippen molar-refractivity contribution in [2.24, 2.45) is 0 Å². The molecule has 17 heavy (non-hydrogen) atoms. The normalized spacial score (nSPS) is 40.9. The minimum atomic E-state index is -0.0565. The van der Waals surface area contributed by atoms with Gasteiger partial charge >= 0.3 is 0 Å². The predicted molar refractivity (Wildman–Crippen MR) is 65.5 cm³/mol. The first-order valence-electron chi connectivity index (χ1n) is 6.94. The Morgan fingerprint density at radius 3 is 2.76 bits per heavy atom. The second kappa shape index (κ2) is 5.37. The molecule has 0 aliphatic carbocycles. The minimum Gasteiger partial charge on any atom is -0.372 e. The molecule has 4 unspecified atom stereocenters. The molecule has 3 heteroatoms. The van der Waals surface area contributed by atoms with E-state index in [2.05, 4.69) is 19.9 Å². The van der Waals surface area contributed by atoms with E-state index >= 15 is 0 Å². The molecule has 0 N–H and O–H groups in total. The van der Waals surface area contributed by atoms with Crippen molar-refractivity contribution in [1.82, 2.24) is 0 Å². The maximum Gasteiger partial charge on any atom is 0.0968 e. The summed E-state index contributed by atoms with van der Waals surface area (Å²) in [5, 5.41) is 8.66. The van der Waals surface area contributed by atoms with E-state index in [1.165, 1.54) is 0 Å². The number of nitriles is 1. The summed E-state index contributed by atoms with van der Waals surface area (Å²) in [5.74, 6) is 0. The zero-order chi connectivity index (χ0) is 12.3. The fourth-order valence-corrected chi connectivity index (χ4v) is 3.23. The molecule has 2 saturated heterocycles. The van der Waals surface area contributed by atoms with Crippen molar-refractivity contribution in [2.45, 2.75) is 82.7 Å². The molecule has 0 aromatic heterocycles.